The second-order valence-electron chi connectivity index (χ2n) is 7.25. The molecule has 3 heterocycles. The Hall–Kier alpha value is -3.26. The van der Waals surface area contributed by atoms with Crippen LogP contribution in [0, 0.1) is 0 Å². The molecule has 150 valence electrons. The van der Waals surface area contributed by atoms with Gasteiger partial charge in [-0.05, 0) is 49.2 Å². The van der Waals surface area contributed by atoms with E-state index < -0.39 is 12.1 Å². The lowest BCUT2D eigenvalue weighted by atomic mass is 9.93. The molecule has 2 aromatic rings. The zero-order chi connectivity index (χ0) is 20.2. The molecule has 4 rings (SSSR count). The number of fused-ring (bicyclic) bond motifs is 1. The minimum atomic E-state index is -0.493. The van der Waals surface area contributed by atoms with E-state index in [0.29, 0.717) is 18.7 Å². The molecule has 0 radical (unpaired) electrons. The molecule has 4 amide bonds. The third-order valence-corrected chi connectivity index (χ3v) is 5.30. The van der Waals surface area contributed by atoms with Gasteiger partial charge in [0.2, 0.25) is 11.8 Å². The van der Waals surface area contributed by atoms with Gasteiger partial charge >= 0.3 is 6.03 Å². The average molecular weight is 393 g/mol. The Morgan fingerprint density at radius 3 is 2.66 bits per heavy atom. The number of amides is 4. The highest BCUT2D eigenvalue weighted by Gasteiger charge is 2.47. The minimum Gasteiger partial charge on any atom is -0.325 e. The number of pyridine rings is 1. The van der Waals surface area contributed by atoms with Crippen LogP contribution >= 0.6 is 0 Å². The van der Waals surface area contributed by atoms with Crippen LogP contribution in [0.2, 0.25) is 0 Å². The van der Waals surface area contributed by atoms with Gasteiger partial charge in [0.15, 0.2) is 0 Å². The van der Waals surface area contributed by atoms with Crippen LogP contribution in [0.3, 0.4) is 0 Å². The van der Waals surface area contributed by atoms with E-state index in [0.717, 1.165) is 12.0 Å². The highest BCUT2D eigenvalue weighted by molar-refractivity contribution is 6.02. The van der Waals surface area contributed by atoms with E-state index in [-0.39, 0.29) is 30.9 Å². The van der Waals surface area contributed by atoms with Gasteiger partial charge in [-0.3, -0.25) is 19.5 Å². The van der Waals surface area contributed by atoms with Crippen molar-refractivity contribution in [3.05, 3.63) is 60.4 Å². The summed E-state index contributed by atoms with van der Waals surface area (Å²) >= 11 is 0. The molecule has 0 aliphatic carbocycles. The van der Waals surface area contributed by atoms with Crippen molar-refractivity contribution in [2.45, 2.75) is 31.5 Å². The summed E-state index contributed by atoms with van der Waals surface area (Å²) in [5.41, 5.74) is 1.48. The van der Waals surface area contributed by atoms with E-state index >= 15 is 0 Å². The highest BCUT2D eigenvalue weighted by Crippen LogP contribution is 2.26. The van der Waals surface area contributed by atoms with Gasteiger partial charge in [-0.15, -0.1) is 0 Å². The van der Waals surface area contributed by atoms with Gasteiger partial charge in [-0.2, -0.15) is 0 Å². The van der Waals surface area contributed by atoms with Crippen molar-refractivity contribution in [3.8, 4) is 0 Å². The number of urea groups is 1. The molecule has 2 aliphatic heterocycles. The van der Waals surface area contributed by atoms with Crippen LogP contribution < -0.4 is 10.6 Å². The van der Waals surface area contributed by atoms with Crippen LogP contribution in [-0.2, 0) is 16.1 Å². The maximum absolute atomic E-state index is 13.2. The third kappa shape index (κ3) is 4.12. The second kappa shape index (κ2) is 8.40. The van der Waals surface area contributed by atoms with E-state index in [9.17, 15) is 14.4 Å². The number of piperidine rings is 1. The number of benzene rings is 1. The van der Waals surface area contributed by atoms with Gasteiger partial charge in [0.05, 0.1) is 12.6 Å². The SMILES string of the molecule is O=C(CN1C(=O)N(Cc2ccncc2)C(=O)C2NCCCC21)Nc1ccccc1. The largest absolute Gasteiger partial charge is 0.327 e. The van der Waals surface area contributed by atoms with E-state index in [4.69, 9.17) is 0 Å². The third-order valence-electron chi connectivity index (χ3n) is 5.30. The summed E-state index contributed by atoms with van der Waals surface area (Å²) in [7, 11) is 0. The summed E-state index contributed by atoms with van der Waals surface area (Å²) in [5, 5.41) is 6.05. The van der Waals surface area contributed by atoms with Crippen LogP contribution in [0.25, 0.3) is 0 Å². The molecule has 1 aromatic heterocycles. The number of carbonyl (C=O) groups excluding carboxylic acids is 3. The minimum absolute atomic E-state index is 0.100. The second-order valence-corrected chi connectivity index (χ2v) is 7.25. The van der Waals surface area contributed by atoms with Crippen molar-refractivity contribution in [2.75, 3.05) is 18.4 Å². The van der Waals surface area contributed by atoms with Crippen molar-refractivity contribution in [1.82, 2.24) is 20.1 Å². The zero-order valence-corrected chi connectivity index (χ0v) is 16.0. The first-order valence-electron chi connectivity index (χ1n) is 9.72. The standard InChI is InChI=1S/C21H23N5O3/c27-18(24-16-5-2-1-3-6-16)14-25-17-7-4-10-23-19(17)20(28)26(21(25)29)13-15-8-11-22-12-9-15/h1-3,5-6,8-9,11-12,17,19,23H,4,7,10,13-14H2,(H,24,27). The summed E-state index contributed by atoms with van der Waals surface area (Å²) < 4.78 is 0. The van der Waals surface area contributed by atoms with Gasteiger partial charge in [0, 0.05) is 18.1 Å². The number of imide groups is 1. The normalized spacial score (nSPS) is 21.7. The number of nitrogens with one attached hydrogen (secondary N) is 2. The van der Waals surface area contributed by atoms with Crippen LogP contribution in [0.15, 0.2) is 54.9 Å². The molecular weight excluding hydrogens is 370 g/mol. The van der Waals surface area contributed by atoms with Gasteiger partial charge in [-0.1, -0.05) is 18.2 Å². The molecule has 2 atom stereocenters. The number of hydrogen-bond acceptors (Lipinski definition) is 5. The van der Waals surface area contributed by atoms with E-state index in [2.05, 4.69) is 15.6 Å². The molecule has 2 saturated heterocycles. The van der Waals surface area contributed by atoms with Crippen molar-refractivity contribution in [2.24, 2.45) is 0 Å². The quantitative estimate of drug-likeness (QED) is 0.805. The van der Waals surface area contributed by atoms with Gasteiger partial charge in [0.1, 0.15) is 12.6 Å². The Morgan fingerprint density at radius 2 is 1.90 bits per heavy atom. The number of nitrogens with zero attached hydrogens (tertiary/aromatic N) is 3. The number of para-hydroxylation sites is 1. The number of rotatable bonds is 5. The molecular formula is C21H23N5O3. The first kappa shape index (κ1) is 19.1. The fourth-order valence-corrected chi connectivity index (χ4v) is 3.90. The van der Waals surface area contributed by atoms with Crippen LogP contribution in [-0.4, -0.2) is 57.8 Å². The number of anilines is 1. The van der Waals surface area contributed by atoms with Crippen molar-refractivity contribution in [3.63, 3.8) is 0 Å². The van der Waals surface area contributed by atoms with Crippen LogP contribution in [0.4, 0.5) is 10.5 Å². The molecule has 2 aliphatic rings. The lowest BCUT2D eigenvalue weighted by Crippen LogP contribution is -2.70. The Bertz CT molecular complexity index is 890. The van der Waals surface area contributed by atoms with E-state index in [1.807, 2.05) is 18.2 Å². The monoisotopic (exact) mass is 393 g/mol. The Morgan fingerprint density at radius 1 is 1.14 bits per heavy atom. The molecule has 8 nitrogen and oxygen atoms in total. The predicted molar refractivity (Wildman–Crippen MR) is 107 cm³/mol. The smallest absolute Gasteiger partial charge is 0.325 e. The molecule has 0 spiro atoms. The van der Waals surface area contributed by atoms with E-state index in [1.165, 1.54) is 9.80 Å². The molecule has 1 aromatic carbocycles. The lowest BCUT2D eigenvalue weighted by molar-refractivity contribution is -0.138. The summed E-state index contributed by atoms with van der Waals surface area (Å²) in [4.78, 5) is 45.5. The zero-order valence-electron chi connectivity index (χ0n) is 16.0. The number of aromatic nitrogens is 1. The first-order chi connectivity index (χ1) is 14.1. The Kier molecular flexibility index (Phi) is 5.53. The number of hydrogen-bond donors (Lipinski definition) is 2. The average Bonchev–Trinajstić information content (AvgIpc) is 2.75. The summed E-state index contributed by atoms with van der Waals surface area (Å²) in [5.74, 6) is -0.525. The highest BCUT2D eigenvalue weighted by atomic mass is 16.2. The summed E-state index contributed by atoms with van der Waals surface area (Å²) in [6.07, 6.45) is 4.79. The van der Waals surface area contributed by atoms with Crippen LogP contribution in [0.1, 0.15) is 18.4 Å². The maximum atomic E-state index is 13.2. The molecule has 29 heavy (non-hydrogen) atoms. The van der Waals surface area contributed by atoms with Gasteiger partial charge in [0.25, 0.3) is 0 Å². The molecule has 2 unspecified atom stereocenters. The van der Waals surface area contributed by atoms with Crippen molar-refractivity contribution >= 4 is 23.5 Å². The molecule has 0 saturated carbocycles. The topological polar surface area (TPSA) is 94.6 Å². The Balaban J connectivity index is 1.54. The van der Waals surface area contributed by atoms with Crippen molar-refractivity contribution < 1.29 is 14.4 Å². The fraction of sp³-hybridized carbons (Fsp3) is 0.333. The van der Waals surface area contributed by atoms with Crippen molar-refractivity contribution in [1.29, 1.82) is 0 Å². The summed E-state index contributed by atoms with van der Waals surface area (Å²) in [6, 6.07) is 11.4. The molecule has 2 fully saturated rings. The van der Waals surface area contributed by atoms with Crippen LogP contribution in [0.5, 0.6) is 0 Å². The van der Waals surface area contributed by atoms with Gasteiger partial charge in [-0.25, -0.2) is 4.79 Å². The maximum Gasteiger partial charge on any atom is 0.327 e. The van der Waals surface area contributed by atoms with Gasteiger partial charge < -0.3 is 15.5 Å². The van der Waals surface area contributed by atoms with E-state index in [1.54, 1.807) is 36.7 Å². The predicted octanol–water partition coefficient (Wildman–Crippen LogP) is 1.61. The lowest BCUT2D eigenvalue weighted by Gasteiger charge is -2.46. The molecule has 2 N–H and O–H groups in total. The fourth-order valence-electron chi connectivity index (χ4n) is 3.90. The Labute approximate surface area is 168 Å². The first-order valence-corrected chi connectivity index (χ1v) is 9.72. The molecule has 8 heteroatoms. The number of carbonyl (C=O) groups is 3. The summed E-state index contributed by atoms with van der Waals surface area (Å²) in [6.45, 7) is 0.771. The molecule has 0 bridgehead atoms.